The number of H-pyrrole nitrogens is 2. The minimum Gasteiger partial charge on any atom is -0.468 e. The number of carbonyl (C=O) groups is 2. The second-order valence-electron chi connectivity index (χ2n) is 3.79. The van der Waals surface area contributed by atoms with Crippen molar-refractivity contribution in [2.24, 2.45) is 0 Å². The topological polar surface area (TPSA) is 112 Å². The summed E-state index contributed by atoms with van der Waals surface area (Å²) in [5.74, 6) is -1.22. The average Bonchev–Trinajstić information content (AvgIpc) is 2.37. The Hall–Kier alpha value is -2.38. The van der Waals surface area contributed by atoms with Gasteiger partial charge in [-0.3, -0.25) is 19.4 Å². The van der Waals surface area contributed by atoms with Crippen molar-refractivity contribution in [2.75, 3.05) is 20.2 Å². The molecule has 0 fully saturated rings. The van der Waals surface area contributed by atoms with Crippen molar-refractivity contribution in [1.82, 2.24) is 14.9 Å². The number of amides is 1. The predicted molar refractivity (Wildman–Crippen MR) is 65.9 cm³/mol. The summed E-state index contributed by atoms with van der Waals surface area (Å²) < 4.78 is 4.49. The monoisotopic (exact) mass is 269 g/mol. The van der Waals surface area contributed by atoms with Crippen molar-refractivity contribution in [3.05, 3.63) is 32.6 Å². The van der Waals surface area contributed by atoms with Crippen LogP contribution in [0, 0.1) is 0 Å². The fourth-order valence-electron chi connectivity index (χ4n) is 1.48. The molecule has 0 spiro atoms. The van der Waals surface area contributed by atoms with E-state index in [-0.39, 0.29) is 12.1 Å². The van der Waals surface area contributed by atoms with E-state index in [9.17, 15) is 19.2 Å². The minimum absolute atomic E-state index is 0.225. The van der Waals surface area contributed by atoms with Crippen molar-refractivity contribution in [3.8, 4) is 0 Å². The van der Waals surface area contributed by atoms with E-state index in [0.717, 1.165) is 6.20 Å². The number of methoxy groups -OCH3 is 1. The highest BCUT2D eigenvalue weighted by molar-refractivity contribution is 5.95. The SMILES string of the molecule is CCCN(CC(=O)OC)C(=O)c1c[nH]c(=O)[nH]c1=O. The van der Waals surface area contributed by atoms with E-state index in [1.165, 1.54) is 12.0 Å². The number of aromatic nitrogens is 2. The molecule has 8 nitrogen and oxygen atoms in total. The third kappa shape index (κ3) is 3.80. The largest absolute Gasteiger partial charge is 0.468 e. The van der Waals surface area contributed by atoms with Crippen LogP contribution in [-0.4, -0.2) is 46.9 Å². The Kier molecular flexibility index (Phi) is 5.04. The van der Waals surface area contributed by atoms with E-state index in [1.807, 2.05) is 11.9 Å². The van der Waals surface area contributed by atoms with Crippen LogP contribution < -0.4 is 11.2 Å². The number of carbonyl (C=O) groups excluding carboxylic acids is 2. The van der Waals surface area contributed by atoms with Gasteiger partial charge in [-0.15, -0.1) is 0 Å². The highest BCUT2D eigenvalue weighted by Crippen LogP contribution is 2.00. The standard InChI is InChI=1S/C11H15N3O5/c1-3-4-14(6-8(15)19-2)10(17)7-5-12-11(18)13-9(7)16/h5H,3-4,6H2,1-2H3,(H2,12,13,16,18). The van der Waals surface area contributed by atoms with Crippen molar-refractivity contribution < 1.29 is 14.3 Å². The van der Waals surface area contributed by atoms with Crippen LogP contribution >= 0.6 is 0 Å². The molecular formula is C11H15N3O5. The molecule has 0 aliphatic rings. The Morgan fingerprint density at radius 1 is 1.37 bits per heavy atom. The van der Waals surface area contributed by atoms with Crippen LogP contribution in [0.1, 0.15) is 23.7 Å². The van der Waals surface area contributed by atoms with Crippen LogP contribution in [0.5, 0.6) is 0 Å². The van der Waals surface area contributed by atoms with Crippen molar-refractivity contribution in [3.63, 3.8) is 0 Å². The van der Waals surface area contributed by atoms with E-state index >= 15 is 0 Å². The highest BCUT2D eigenvalue weighted by atomic mass is 16.5. The number of rotatable bonds is 5. The van der Waals surface area contributed by atoms with Gasteiger partial charge in [-0.05, 0) is 6.42 Å². The zero-order valence-corrected chi connectivity index (χ0v) is 10.7. The minimum atomic E-state index is -0.792. The number of hydrogen-bond acceptors (Lipinski definition) is 5. The Morgan fingerprint density at radius 2 is 2.05 bits per heavy atom. The lowest BCUT2D eigenvalue weighted by molar-refractivity contribution is -0.141. The fourth-order valence-corrected chi connectivity index (χ4v) is 1.48. The van der Waals surface area contributed by atoms with Gasteiger partial charge in [0.05, 0.1) is 7.11 Å². The average molecular weight is 269 g/mol. The van der Waals surface area contributed by atoms with E-state index in [0.29, 0.717) is 13.0 Å². The first-order valence-electron chi connectivity index (χ1n) is 5.67. The molecule has 0 radical (unpaired) electrons. The van der Waals surface area contributed by atoms with Crippen molar-refractivity contribution in [1.29, 1.82) is 0 Å². The molecule has 1 rings (SSSR count). The summed E-state index contributed by atoms with van der Waals surface area (Å²) in [5, 5.41) is 0. The summed E-state index contributed by atoms with van der Waals surface area (Å²) in [6, 6.07) is 0. The van der Waals surface area contributed by atoms with Crippen LogP contribution in [0.25, 0.3) is 0 Å². The molecule has 1 aromatic rings. The predicted octanol–water partition coefficient (Wildman–Crippen LogP) is -0.912. The molecule has 0 aliphatic heterocycles. The van der Waals surface area contributed by atoms with Crippen LogP contribution in [0.15, 0.2) is 15.8 Å². The van der Waals surface area contributed by atoms with Crippen molar-refractivity contribution in [2.45, 2.75) is 13.3 Å². The number of hydrogen-bond donors (Lipinski definition) is 2. The number of nitrogens with zero attached hydrogens (tertiary/aromatic N) is 1. The molecule has 104 valence electrons. The first-order valence-corrected chi connectivity index (χ1v) is 5.67. The van der Waals surface area contributed by atoms with Crippen molar-refractivity contribution >= 4 is 11.9 Å². The maximum absolute atomic E-state index is 12.1. The highest BCUT2D eigenvalue weighted by Gasteiger charge is 2.21. The summed E-state index contributed by atoms with van der Waals surface area (Å²) in [5.41, 5.74) is -1.71. The van der Waals surface area contributed by atoms with Gasteiger partial charge in [0.15, 0.2) is 0 Å². The van der Waals surface area contributed by atoms with E-state index in [1.54, 1.807) is 0 Å². The Morgan fingerprint density at radius 3 is 2.58 bits per heavy atom. The molecule has 0 saturated carbocycles. The first kappa shape index (κ1) is 14.7. The smallest absolute Gasteiger partial charge is 0.325 e. The lowest BCUT2D eigenvalue weighted by atomic mass is 10.2. The van der Waals surface area contributed by atoms with Gasteiger partial charge in [0.25, 0.3) is 11.5 Å². The van der Waals surface area contributed by atoms with Crippen LogP contribution in [0.3, 0.4) is 0 Å². The molecule has 8 heteroatoms. The second kappa shape index (κ2) is 6.53. The molecule has 1 aromatic heterocycles. The van der Waals surface area contributed by atoms with Gasteiger partial charge in [0.1, 0.15) is 12.1 Å². The van der Waals surface area contributed by atoms with E-state index in [4.69, 9.17) is 0 Å². The second-order valence-corrected chi connectivity index (χ2v) is 3.79. The van der Waals surface area contributed by atoms with Gasteiger partial charge in [-0.1, -0.05) is 6.92 Å². The third-order valence-corrected chi connectivity index (χ3v) is 2.38. The number of aromatic amines is 2. The van der Waals surface area contributed by atoms with Gasteiger partial charge in [-0.2, -0.15) is 0 Å². The quantitative estimate of drug-likeness (QED) is 0.672. The molecule has 0 atom stereocenters. The maximum Gasteiger partial charge on any atom is 0.325 e. The summed E-state index contributed by atoms with van der Waals surface area (Å²) in [6.45, 7) is 1.88. The number of esters is 1. The molecule has 2 N–H and O–H groups in total. The molecule has 1 heterocycles. The zero-order valence-electron chi connectivity index (χ0n) is 10.7. The van der Waals surface area contributed by atoms with E-state index < -0.39 is 23.1 Å². The van der Waals surface area contributed by atoms with Crippen LogP contribution in [0.4, 0.5) is 0 Å². The van der Waals surface area contributed by atoms with Gasteiger partial charge >= 0.3 is 11.7 Å². The molecule has 0 aromatic carbocycles. The summed E-state index contributed by atoms with van der Waals surface area (Å²) in [6.07, 6.45) is 1.65. The molecule has 0 bridgehead atoms. The maximum atomic E-state index is 12.1. The fraction of sp³-hybridized carbons (Fsp3) is 0.455. The normalized spacial score (nSPS) is 10.0. The molecular weight excluding hydrogens is 254 g/mol. The number of nitrogens with one attached hydrogen (secondary N) is 2. The molecule has 0 unspecified atom stereocenters. The summed E-state index contributed by atoms with van der Waals surface area (Å²) in [4.78, 5) is 51.0. The van der Waals surface area contributed by atoms with Gasteiger partial charge in [0, 0.05) is 12.7 Å². The third-order valence-electron chi connectivity index (χ3n) is 2.38. The number of ether oxygens (including phenoxy) is 1. The first-order chi connectivity index (χ1) is 8.99. The lowest BCUT2D eigenvalue weighted by Crippen LogP contribution is -2.40. The van der Waals surface area contributed by atoms with Crippen LogP contribution in [0.2, 0.25) is 0 Å². The van der Waals surface area contributed by atoms with Crippen LogP contribution in [-0.2, 0) is 9.53 Å². The van der Waals surface area contributed by atoms with E-state index in [2.05, 4.69) is 9.72 Å². The van der Waals surface area contributed by atoms with Gasteiger partial charge < -0.3 is 14.6 Å². The molecule has 0 saturated heterocycles. The van der Waals surface area contributed by atoms with Gasteiger partial charge in [0.2, 0.25) is 0 Å². The molecule has 0 aliphatic carbocycles. The summed E-state index contributed by atoms with van der Waals surface area (Å²) in [7, 11) is 1.21. The summed E-state index contributed by atoms with van der Waals surface area (Å²) >= 11 is 0. The van der Waals surface area contributed by atoms with Gasteiger partial charge in [-0.25, -0.2) is 4.79 Å². The molecule has 19 heavy (non-hydrogen) atoms. The lowest BCUT2D eigenvalue weighted by Gasteiger charge is -2.20. The Labute approximate surface area is 108 Å². The zero-order chi connectivity index (χ0) is 14.4. The Balaban J connectivity index is 3.01. The Bertz CT molecular complexity index is 574. The molecule has 1 amide bonds.